The van der Waals surface area contributed by atoms with Crippen molar-refractivity contribution in [2.75, 3.05) is 7.11 Å². The van der Waals surface area contributed by atoms with Gasteiger partial charge >= 0.3 is 0 Å². The molecule has 2 nitrogen and oxygen atoms in total. The second-order valence-electron chi connectivity index (χ2n) is 2.78. The number of rotatable bonds is 2. The van der Waals surface area contributed by atoms with Crippen LogP contribution in [-0.4, -0.2) is 12.2 Å². The van der Waals surface area contributed by atoms with Crippen molar-refractivity contribution in [3.8, 4) is 5.75 Å². The van der Waals surface area contributed by atoms with E-state index in [1.54, 1.807) is 0 Å². The number of ether oxygens (including phenoxy) is 1. The largest absolute Gasteiger partial charge is 0.493 e. The molecule has 0 fully saturated rings. The Kier molecular flexibility index (Phi) is 3.00. The van der Waals surface area contributed by atoms with E-state index in [2.05, 4.69) is 4.74 Å². The van der Waals surface area contributed by atoms with E-state index in [9.17, 15) is 13.2 Å². The van der Waals surface area contributed by atoms with Gasteiger partial charge in [-0.1, -0.05) is 0 Å². The SMILES string of the molecule is COc1c(C(C)O)cc(F)c(F)c1F. The fraction of sp³-hybridized carbons (Fsp3) is 0.333. The Labute approximate surface area is 78.9 Å². The van der Waals surface area contributed by atoms with Crippen molar-refractivity contribution in [1.29, 1.82) is 0 Å². The number of hydrogen-bond acceptors (Lipinski definition) is 2. The zero-order valence-electron chi connectivity index (χ0n) is 7.64. The molecule has 78 valence electrons. The van der Waals surface area contributed by atoms with E-state index in [0.29, 0.717) is 6.07 Å². The van der Waals surface area contributed by atoms with Gasteiger partial charge in [-0.3, -0.25) is 0 Å². The lowest BCUT2D eigenvalue weighted by Gasteiger charge is -2.12. The highest BCUT2D eigenvalue weighted by atomic mass is 19.2. The van der Waals surface area contributed by atoms with E-state index in [-0.39, 0.29) is 5.56 Å². The quantitative estimate of drug-likeness (QED) is 0.751. The lowest BCUT2D eigenvalue weighted by Crippen LogP contribution is -2.03. The van der Waals surface area contributed by atoms with Gasteiger partial charge in [0.15, 0.2) is 17.4 Å². The summed E-state index contributed by atoms with van der Waals surface area (Å²) in [7, 11) is 1.11. The fourth-order valence-corrected chi connectivity index (χ4v) is 1.11. The van der Waals surface area contributed by atoms with Crippen molar-refractivity contribution in [3.05, 3.63) is 29.1 Å². The number of hydrogen-bond donors (Lipinski definition) is 1. The minimum atomic E-state index is -1.61. The molecule has 0 aliphatic heterocycles. The average Bonchev–Trinajstić information content (AvgIpc) is 2.13. The van der Waals surface area contributed by atoms with Crippen LogP contribution in [0, 0.1) is 17.5 Å². The summed E-state index contributed by atoms with van der Waals surface area (Å²) in [6, 6.07) is 0.710. The van der Waals surface area contributed by atoms with Crippen LogP contribution in [0.4, 0.5) is 13.2 Å². The second kappa shape index (κ2) is 3.88. The van der Waals surface area contributed by atoms with Crippen LogP contribution < -0.4 is 4.74 Å². The van der Waals surface area contributed by atoms with Crippen molar-refractivity contribution >= 4 is 0 Å². The molecule has 14 heavy (non-hydrogen) atoms. The first-order chi connectivity index (χ1) is 6.49. The molecule has 1 aromatic carbocycles. The van der Waals surface area contributed by atoms with Gasteiger partial charge in [-0.05, 0) is 13.0 Å². The maximum Gasteiger partial charge on any atom is 0.204 e. The van der Waals surface area contributed by atoms with Crippen molar-refractivity contribution in [2.24, 2.45) is 0 Å². The van der Waals surface area contributed by atoms with Crippen molar-refractivity contribution < 1.29 is 23.0 Å². The van der Waals surface area contributed by atoms with Gasteiger partial charge in [0.05, 0.1) is 13.2 Å². The lowest BCUT2D eigenvalue weighted by atomic mass is 10.1. The Morgan fingerprint density at radius 1 is 1.29 bits per heavy atom. The highest BCUT2D eigenvalue weighted by Gasteiger charge is 2.21. The van der Waals surface area contributed by atoms with Crippen LogP contribution >= 0.6 is 0 Å². The molecule has 1 rings (SSSR count). The third-order valence-corrected chi connectivity index (χ3v) is 1.80. The van der Waals surface area contributed by atoms with Gasteiger partial charge in [0.1, 0.15) is 0 Å². The third-order valence-electron chi connectivity index (χ3n) is 1.80. The highest BCUT2D eigenvalue weighted by molar-refractivity contribution is 5.37. The van der Waals surface area contributed by atoms with Gasteiger partial charge < -0.3 is 9.84 Å². The summed E-state index contributed by atoms with van der Waals surface area (Å²) >= 11 is 0. The molecule has 0 aliphatic carbocycles. The Bertz CT molecular complexity index is 350. The molecular weight excluding hydrogens is 197 g/mol. The fourth-order valence-electron chi connectivity index (χ4n) is 1.11. The van der Waals surface area contributed by atoms with Gasteiger partial charge in [-0.2, -0.15) is 4.39 Å². The second-order valence-corrected chi connectivity index (χ2v) is 2.78. The van der Waals surface area contributed by atoms with E-state index < -0.39 is 29.3 Å². The normalized spacial score (nSPS) is 12.7. The molecule has 0 saturated carbocycles. The Hall–Kier alpha value is -1.23. The maximum absolute atomic E-state index is 13.0. The van der Waals surface area contributed by atoms with Crippen LogP contribution in [0.15, 0.2) is 6.07 Å². The standard InChI is InChI=1S/C9H9F3O2/c1-4(13)5-3-6(10)7(11)8(12)9(5)14-2/h3-4,13H,1-2H3. The van der Waals surface area contributed by atoms with E-state index in [1.165, 1.54) is 6.92 Å². The average molecular weight is 206 g/mol. The Balaban J connectivity index is 3.43. The van der Waals surface area contributed by atoms with Gasteiger partial charge in [-0.25, -0.2) is 8.78 Å². The molecule has 0 aromatic heterocycles. The first-order valence-electron chi connectivity index (χ1n) is 3.88. The van der Waals surface area contributed by atoms with Crippen molar-refractivity contribution in [1.82, 2.24) is 0 Å². The van der Waals surface area contributed by atoms with E-state index in [0.717, 1.165) is 7.11 Å². The maximum atomic E-state index is 13.0. The molecule has 1 unspecified atom stereocenters. The Morgan fingerprint density at radius 3 is 2.29 bits per heavy atom. The van der Waals surface area contributed by atoms with Crippen LogP contribution in [0.3, 0.4) is 0 Å². The molecule has 0 bridgehead atoms. The zero-order valence-corrected chi connectivity index (χ0v) is 7.64. The van der Waals surface area contributed by atoms with Crippen molar-refractivity contribution in [2.45, 2.75) is 13.0 Å². The summed E-state index contributed by atoms with van der Waals surface area (Å²) < 4.78 is 43.0. The summed E-state index contributed by atoms with van der Waals surface area (Å²) in [6.07, 6.45) is -1.13. The number of halogens is 3. The minimum Gasteiger partial charge on any atom is -0.493 e. The predicted octanol–water partition coefficient (Wildman–Crippen LogP) is 2.17. The monoisotopic (exact) mass is 206 g/mol. The van der Waals surface area contributed by atoms with Crippen LogP contribution in [-0.2, 0) is 0 Å². The molecular formula is C9H9F3O2. The van der Waals surface area contributed by atoms with E-state index >= 15 is 0 Å². The van der Waals surface area contributed by atoms with Gasteiger partial charge in [0.25, 0.3) is 0 Å². The van der Waals surface area contributed by atoms with E-state index in [1.807, 2.05) is 0 Å². The number of methoxy groups -OCH3 is 1. The molecule has 1 N–H and O–H groups in total. The molecule has 0 saturated heterocycles. The van der Waals surface area contributed by atoms with Crippen LogP contribution in [0.5, 0.6) is 5.75 Å². The molecule has 5 heteroatoms. The first-order valence-corrected chi connectivity index (χ1v) is 3.88. The Morgan fingerprint density at radius 2 is 1.86 bits per heavy atom. The number of benzene rings is 1. The number of aliphatic hydroxyl groups is 1. The minimum absolute atomic E-state index is 0.121. The lowest BCUT2D eigenvalue weighted by molar-refractivity contribution is 0.191. The zero-order chi connectivity index (χ0) is 10.9. The van der Waals surface area contributed by atoms with E-state index in [4.69, 9.17) is 5.11 Å². The summed E-state index contributed by atoms with van der Waals surface area (Å²) in [4.78, 5) is 0. The molecule has 0 spiro atoms. The molecule has 0 aliphatic rings. The van der Waals surface area contributed by atoms with Gasteiger partial charge in [-0.15, -0.1) is 0 Å². The highest BCUT2D eigenvalue weighted by Crippen LogP contribution is 2.31. The topological polar surface area (TPSA) is 29.5 Å². The molecule has 1 aromatic rings. The summed E-state index contributed by atoms with van der Waals surface area (Å²) in [5.41, 5.74) is -0.121. The molecule has 0 heterocycles. The summed E-state index contributed by atoms with van der Waals surface area (Å²) in [5, 5.41) is 9.14. The van der Waals surface area contributed by atoms with Gasteiger partial charge in [0, 0.05) is 5.56 Å². The molecule has 0 amide bonds. The summed E-state index contributed by atoms with van der Waals surface area (Å²) in [6.45, 7) is 1.30. The predicted molar refractivity (Wildman–Crippen MR) is 43.5 cm³/mol. The van der Waals surface area contributed by atoms with Crippen molar-refractivity contribution in [3.63, 3.8) is 0 Å². The van der Waals surface area contributed by atoms with Crippen LogP contribution in [0.1, 0.15) is 18.6 Å². The third kappa shape index (κ3) is 1.68. The van der Waals surface area contributed by atoms with Gasteiger partial charge in [0.2, 0.25) is 5.82 Å². The smallest absolute Gasteiger partial charge is 0.204 e. The molecule has 0 radical (unpaired) electrons. The summed E-state index contributed by atoms with van der Waals surface area (Å²) in [5.74, 6) is -4.85. The molecule has 1 atom stereocenters. The van der Waals surface area contributed by atoms with Crippen LogP contribution in [0.25, 0.3) is 0 Å². The van der Waals surface area contributed by atoms with Crippen LogP contribution in [0.2, 0.25) is 0 Å². The first kappa shape index (κ1) is 10.8. The number of aliphatic hydroxyl groups excluding tert-OH is 1.